The van der Waals surface area contributed by atoms with Crippen molar-refractivity contribution in [1.29, 1.82) is 0 Å². The zero-order valence-corrected chi connectivity index (χ0v) is 18.3. The predicted molar refractivity (Wildman–Crippen MR) is 121 cm³/mol. The number of benzene rings is 3. The van der Waals surface area contributed by atoms with E-state index < -0.39 is 11.6 Å². The number of carbonyl (C=O) groups excluding carboxylic acids is 1. The second kappa shape index (κ2) is 9.73. The summed E-state index contributed by atoms with van der Waals surface area (Å²) in [7, 11) is 1.41. The Morgan fingerprint density at radius 3 is 2.45 bits per heavy atom. The molecule has 0 atom stereocenters. The lowest BCUT2D eigenvalue weighted by molar-refractivity contribution is -0.143. The van der Waals surface area contributed by atoms with Crippen LogP contribution in [0.25, 0.3) is 22.0 Å². The fraction of sp³-hybridized carbons (Fsp3) is 0.192. The van der Waals surface area contributed by atoms with Crippen molar-refractivity contribution in [2.75, 3.05) is 13.7 Å². The Labute approximate surface area is 190 Å². The number of hydrogen-bond acceptors (Lipinski definition) is 4. The van der Waals surface area contributed by atoms with Gasteiger partial charge < -0.3 is 18.8 Å². The molecule has 0 spiro atoms. The molecule has 1 aromatic heterocycles. The molecule has 0 amide bonds. The average Bonchev–Trinajstić information content (AvgIpc) is 3.21. The van der Waals surface area contributed by atoms with Gasteiger partial charge >= 0.3 is 5.97 Å². The Hall–Kier alpha value is -3.87. The molecular formula is C26H23F2NO4. The van der Waals surface area contributed by atoms with Crippen molar-refractivity contribution < 1.29 is 27.8 Å². The summed E-state index contributed by atoms with van der Waals surface area (Å²) in [4.78, 5) is 11.8. The zero-order chi connectivity index (χ0) is 23.4. The van der Waals surface area contributed by atoms with Crippen LogP contribution in [0.5, 0.6) is 11.5 Å². The molecule has 0 bridgehead atoms. The number of hydrogen-bond donors (Lipinski definition) is 0. The van der Waals surface area contributed by atoms with E-state index in [1.54, 1.807) is 31.2 Å². The summed E-state index contributed by atoms with van der Waals surface area (Å²) in [5.41, 5.74) is 3.00. The van der Waals surface area contributed by atoms with Crippen molar-refractivity contribution in [3.63, 3.8) is 0 Å². The quantitative estimate of drug-likeness (QED) is 0.321. The van der Waals surface area contributed by atoms with Gasteiger partial charge in [-0.05, 0) is 53.8 Å². The Morgan fingerprint density at radius 2 is 1.73 bits per heavy atom. The van der Waals surface area contributed by atoms with Gasteiger partial charge in [0, 0.05) is 23.3 Å². The van der Waals surface area contributed by atoms with Crippen LogP contribution in [0.2, 0.25) is 0 Å². The van der Waals surface area contributed by atoms with Gasteiger partial charge in [0.15, 0.2) is 11.6 Å². The van der Waals surface area contributed by atoms with Crippen LogP contribution < -0.4 is 9.47 Å². The van der Waals surface area contributed by atoms with Crippen LogP contribution in [0.1, 0.15) is 12.5 Å². The smallest absolute Gasteiger partial charge is 0.325 e. The monoisotopic (exact) mass is 451 g/mol. The lowest BCUT2D eigenvalue weighted by Gasteiger charge is -2.11. The molecule has 0 aliphatic carbocycles. The summed E-state index contributed by atoms with van der Waals surface area (Å²) in [6.45, 7) is 2.60. The second-order valence-corrected chi connectivity index (χ2v) is 7.42. The maximum atomic E-state index is 13.7. The van der Waals surface area contributed by atoms with Gasteiger partial charge in [-0.1, -0.05) is 24.3 Å². The van der Waals surface area contributed by atoms with Gasteiger partial charge in [-0.3, -0.25) is 4.79 Å². The first-order chi connectivity index (χ1) is 16.0. The third-order valence-electron chi connectivity index (χ3n) is 5.26. The molecule has 0 unspecified atom stereocenters. The average molecular weight is 451 g/mol. The van der Waals surface area contributed by atoms with E-state index in [9.17, 15) is 13.6 Å². The first-order valence-corrected chi connectivity index (χ1v) is 10.5. The third kappa shape index (κ3) is 4.98. The van der Waals surface area contributed by atoms with E-state index >= 15 is 0 Å². The van der Waals surface area contributed by atoms with Crippen molar-refractivity contribution >= 4 is 16.9 Å². The lowest BCUT2D eigenvalue weighted by atomic mass is 10.0. The maximum absolute atomic E-state index is 13.7. The summed E-state index contributed by atoms with van der Waals surface area (Å²) < 4.78 is 45.2. The number of nitrogens with zero attached hydrogens (tertiary/aromatic N) is 1. The minimum Gasteiger partial charge on any atom is -0.496 e. The topological polar surface area (TPSA) is 49.7 Å². The Bertz CT molecular complexity index is 1280. The van der Waals surface area contributed by atoms with Crippen LogP contribution in [0.15, 0.2) is 66.9 Å². The number of carbonyl (C=O) groups is 1. The van der Waals surface area contributed by atoms with E-state index in [-0.39, 0.29) is 18.3 Å². The first-order valence-electron chi connectivity index (χ1n) is 10.5. The van der Waals surface area contributed by atoms with Crippen molar-refractivity contribution in [1.82, 2.24) is 4.57 Å². The minimum atomic E-state index is -0.957. The van der Waals surface area contributed by atoms with E-state index in [1.807, 2.05) is 35.0 Å². The molecule has 4 aromatic rings. The van der Waals surface area contributed by atoms with Gasteiger partial charge in [0.25, 0.3) is 0 Å². The molecule has 5 nitrogen and oxygen atoms in total. The van der Waals surface area contributed by atoms with E-state index in [1.165, 1.54) is 7.11 Å². The molecule has 0 fully saturated rings. The molecule has 0 aliphatic rings. The number of rotatable bonds is 8. The second-order valence-electron chi connectivity index (χ2n) is 7.42. The lowest BCUT2D eigenvalue weighted by Crippen LogP contribution is -2.12. The number of esters is 1. The number of methoxy groups -OCH3 is 1. The summed E-state index contributed by atoms with van der Waals surface area (Å²) in [5, 5.41) is 1.02. The Kier molecular flexibility index (Phi) is 6.58. The molecule has 3 aromatic carbocycles. The van der Waals surface area contributed by atoms with Gasteiger partial charge in [-0.15, -0.1) is 0 Å². The van der Waals surface area contributed by atoms with Crippen LogP contribution in [-0.4, -0.2) is 24.3 Å². The SMILES string of the molecule is CCOC(=O)Cn1ccc2ccc(COc3ccc(-c4cc(F)c(F)cc4OC)cc3)cc21. The summed E-state index contributed by atoms with van der Waals surface area (Å²) in [5.74, 6) is -1.30. The normalized spacial score (nSPS) is 10.9. The van der Waals surface area contributed by atoms with Crippen LogP contribution in [-0.2, 0) is 22.7 Å². The number of ether oxygens (including phenoxy) is 3. The highest BCUT2D eigenvalue weighted by atomic mass is 19.2. The van der Waals surface area contributed by atoms with Gasteiger partial charge in [-0.25, -0.2) is 8.78 Å². The van der Waals surface area contributed by atoms with Crippen molar-refractivity contribution in [2.24, 2.45) is 0 Å². The van der Waals surface area contributed by atoms with E-state index in [0.29, 0.717) is 30.1 Å². The van der Waals surface area contributed by atoms with Crippen molar-refractivity contribution in [2.45, 2.75) is 20.1 Å². The molecule has 0 saturated heterocycles. The van der Waals surface area contributed by atoms with Crippen LogP contribution in [0.3, 0.4) is 0 Å². The predicted octanol–water partition coefficient (Wildman–Crippen LogP) is 5.74. The van der Waals surface area contributed by atoms with Crippen LogP contribution in [0.4, 0.5) is 8.78 Å². The van der Waals surface area contributed by atoms with Gasteiger partial charge in [0.05, 0.1) is 13.7 Å². The Balaban J connectivity index is 1.47. The van der Waals surface area contributed by atoms with E-state index in [0.717, 1.165) is 28.6 Å². The largest absolute Gasteiger partial charge is 0.496 e. The number of fused-ring (bicyclic) bond motifs is 1. The highest BCUT2D eigenvalue weighted by Crippen LogP contribution is 2.33. The van der Waals surface area contributed by atoms with Crippen molar-refractivity contribution in [3.8, 4) is 22.6 Å². The summed E-state index contributed by atoms with van der Waals surface area (Å²) in [6, 6.07) is 17.1. The molecule has 33 heavy (non-hydrogen) atoms. The molecular weight excluding hydrogens is 428 g/mol. The molecule has 4 rings (SSSR count). The molecule has 170 valence electrons. The van der Waals surface area contributed by atoms with Gasteiger partial charge in [0.1, 0.15) is 24.7 Å². The zero-order valence-electron chi connectivity index (χ0n) is 18.3. The standard InChI is InChI=1S/C26H23F2NO4/c1-3-32-26(30)15-29-11-10-19-5-4-17(12-24(19)29)16-33-20-8-6-18(7-9-20)21-13-22(27)23(28)14-25(21)31-2/h4-14H,3,15-16H2,1-2H3. The van der Waals surface area contributed by atoms with Crippen molar-refractivity contribution in [3.05, 3.63) is 84.1 Å². The molecule has 1 heterocycles. The van der Waals surface area contributed by atoms with Crippen LogP contribution in [0, 0.1) is 11.6 Å². The van der Waals surface area contributed by atoms with Gasteiger partial charge in [0.2, 0.25) is 0 Å². The van der Waals surface area contributed by atoms with Gasteiger partial charge in [-0.2, -0.15) is 0 Å². The molecule has 0 aliphatic heterocycles. The fourth-order valence-corrected chi connectivity index (χ4v) is 3.62. The molecule has 0 radical (unpaired) electrons. The molecule has 0 saturated carbocycles. The third-order valence-corrected chi connectivity index (χ3v) is 5.26. The first kappa shape index (κ1) is 22.3. The Morgan fingerprint density at radius 1 is 0.970 bits per heavy atom. The van der Waals surface area contributed by atoms with E-state index in [4.69, 9.17) is 14.2 Å². The maximum Gasteiger partial charge on any atom is 0.325 e. The number of aromatic nitrogens is 1. The van der Waals surface area contributed by atoms with E-state index in [2.05, 4.69) is 0 Å². The molecule has 0 N–H and O–H groups in total. The minimum absolute atomic E-state index is 0.149. The van der Waals surface area contributed by atoms with Crippen LogP contribution >= 0.6 is 0 Å². The highest BCUT2D eigenvalue weighted by Gasteiger charge is 2.13. The summed E-state index contributed by atoms with van der Waals surface area (Å²) in [6.07, 6.45) is 1.86. The summed E-state index contributed by atoms with van der Waals surface area (Å²) >= 11 is 0. The fourth-order valence-electron chi connectivity index (χ4n) is 3.62. The molecule has 7 heteroatoms. The highest BCUT2D eigenvalue weighted by molar-refractivity contribution is 5.82. The number of halogens is 2.